The van der Waals surface area contributed by atoms with Crippen molar-refractivity contribution in [1.29, 1.82) is 0 Å². The van der Waals surface area contributed by atoms with Crippen LogP contribution >= 0.6 is 0 Å². The maximum Gasteiger partial charge on any atom is 0.191 e. The number of sulfone groups is 1. The predicted molar refractivity (Wildman–Crippen MR) is 94.0 cm³/mol. The molecule has 0 aromatic carbocycles. The fourth-order valence-corrected chi connectivity index (χ4v) is 3.83. The lowest BCUT2D eigenvalue weighted by molar-refractivity contribution is 0.245. The standard InChI is InChI=1S/C16H33N3O2S/c1-5-17-15(18-10-11-22(4,20)21)19-13-16(12-14(2)3)8-6-7-9-16/h14H,5-13H2,1-4H3,(H2,17,18,19). The zero-order valence-corrected chi connectivity index (χ0v) is 15.4. The normalized spacial score (nSPS) is 18.7. The molecule has 2 N–H and O–H groups in total. The van der Waals surface area contributed by atoms with Crippen molar-refractivity contribution in [3.8, 4) is 0 Å². The smallest absolute Gasteiger partial charge is 0.191 e. The highest BCUT2D eigenvalue weighted by atomic mass is 32.2. The van der Waals surface area contributed by atoms with E-state index in [0.29, 0.717) is 17.9 Å². The Balaban J connectivity index is 2.62. The minimum Gasteiger partial charge on any atom is -0.357 e. The maximum absolute atomic E-state index is 11.2. The molecule has 0 unspecified atom stereocenters. The topological polar surface area (TPSA) is 70.6 Å². The molecule has 0 aromatic heterocycles. The molecular formula is C16H33N3O2S. The molecular weight excluding hydrogens is 298 g/mol. The first-order valence-corrected chi connectivity index (χ1v) is 10.5. The van der Waals surface area contributed by atoms with Crippen molar-refractivity contribution in [3.63, 3.8) is 0 Å². The number of nitrogens with one attached hydrogen (secondary N) is 2. The largest absolute Gasteiger partial charge is 0.357 e. The Kier molecular flexibility index (Phi) is 7.66. The summed E-state index contributed by atoms with van der Waals surface area (Å²) in [5.41, 5.74) is 0.341. The summed E-state index contributed by atoms with van der Waals surface area (Å²) in [5.74, 6) is 1.56. The third-order valence-corrected chi connectivity index (χ3v) is 5.13. The molecule has 0 spiro atoms. The molecule has 22 heavy (non-hydrogen) atoms. The number of nitrogens with zero attached hydrogens (tertiary/aromatic N) is 1. The van der Waals surface area contributed by atoms with E-state index >= 15 is 0 Å². The van der Waals surface area contributed by atoms with Gasteiger partial charge in [-0.25, -0.2) is 8.42 Å². The molecule has 5 nitrogen and oxygen atoms in total. The van der Waals surface area contributed by atoms with E-state index < -0.39 is 9.84 Å². The third-order valence-electron chi connectivity index (χ3n) is 4.19. The van der Waals surface area contributed by atoms with Gasteiger partial charge in [-0.05, 0) is 37.5 Å². The van der Waals surface area contributed by atoms with Gasteiger partial charge in [-0.3, -0.25) is 4.99 Å². The number of aliphatic imine (C=N–C) groups is 1. The highest BCUT2D eigenvalue weighted by Gasteiger charge is 2.34. The summed E-state index contributed by atoms with van der Waals surface area (Å²) in [6.45, 7) is 8.59. The zero-order chi connectivity index (χ0) is 16.6. The van der Waals surface area contributed by atoms with E-state index in [1.807, 2.05) is 6.92 Å². The van der Waals surface area contributed by atoms with E-state index in [4.69, 9.17) is 4.99 Å². The lowest BCUT2D eigenvalue weighted by Gasteiger charge is -2.29. The average Bonchev–Trinajstić information content (AvgIpc) is 2.82. The van der Waals surface area contributed by atoms with Gasteiger partial charge in [0.25, 0.3) is 0 Å². The van der Waals surface area contributed by atoms with Gasteiger partial charge >= 0.3 is 0 Å². The Morgan fingerprint density at radius 1 is 1.23 bits per heavy atom. The first-order valence-electron chi connectivity index (χ1n) is 8.46. The molecule has 6 heteroatoms. The Labute approximate surface area is 136 Å². The molecule has 1 aliphatic rings. The average molecular weight is 332 g/mol. The minimum absolute atomic E-state index is 0.133. The van der Waals surface area contributed by atoms with Crippen LogP contribution in [0.4, 0.5) is 0 Å². The van der Waals surface area contributed by atoms with Crippen molar-refractivity contribution in [3.05, 3.63) is 0 Å². The monoisotopic (exact) mass is 331 g/mol. The van der Waals surface area contributed by atoms with Crippen LogP contribution in [-0.2, 0) is 9.84 Å². The van der Waals surface area contributed by atoms with Crippen LogP contribution in [0.1, 0.15) is 52.9 Å². The molecule has 130 valence electrons. The number of hydrogen-bond acceptors (Lipinski definition) is 3. The van der Waals surface area contributed by atoms with Crippen molar-refractivity contribution in [1.82, 2.24) is 10.6 Å². The lowest BCUT2D eigenvalue weighted by Crippen LogP contribution is -2.40. The zero-order valence-electron chi connectivity index (χ0n) is 14.6. The molecule has 0 bridgehead atoms. The second kappa shape index (κ2) is 8.75. The molecule has 0 aliphatic heterocycles. The highest BCUT2D eigenvalue weighted by molar-refractivity contribution is 7.90. The molecule has 1 rings (SSSR count). The first-order chi connectivity index (χ1) is 10.3. The molecule has 0 heterocycles. The summed E-state index contributed by atoms with van der Waals surface area (Å²) in [7, 11) is -2.94. The number of rotatable bonds is 8. The van der Waals surface area contributed by atoms with Gasteiger partial charge in [0, 0.05) is 25.9 Å². The molecule has 0 radical (unpaired) electrons. The van der Waals surface area contributed by atoms with Gasteiger partial charge in [-0.15, -0.1) is 0 Å². The van der Waals surface area contributed by atoms with E-state index in [2.05, 4.69) is 24.5 Å². The van der Waals surface area contributed by atoms with Gasteiger partial charge in [0.2, 0.25) is 0 Å². The molecule has 0 aromatic rings. The SMILES string of the molecule is CCNC(=NCC1(CC(C)C)CCCC1)NCCS(C)(=O)=O. The molecule has 1 fully saturated rings. The highest BCUT2D eigenvalue weighted by Crippen LogP contribution is 2.43. The Morgan fingerprint density at radius 2 is 1.86 bits per heavy atom. The molecule has 1 aliphatic carbocycles. The van der Waals surface area contributed by atoms with Crippen LogP contribution in [0.25, 0.3) is 0 Å². The van der Waals surface area contributed by atoms with Crippen molar-refractivity contribution in [2.45, 2.75) is 52.9 Å². The van der Waals surface area contributed by atoms with Crippen molar-refractivity contribution in [2.24, 2.45) is 16.3 Å². The van der Waals surface area contributed by atoms with Crippen LogP contribution in [0.2, 0.25) is 0 Å². The van der Waals surface area contributed by atoms with Crippen molar-refractivity contribution < 1.29 is 8.42 Å². The summed E-state index contributed by atoms with van der Waals surface area (Å²) in [5, 5.41) is 6.34. The van der Waals surface area contributed by atoms with Crippen LogP contribution in [0, 0.1) is 11.3 Å². The fraction of sp³-hybridized carbons (Fsp3) is 0.938. The Morgan fingerprint density at radius 3 is 2.36 bits per heavy atom. The second-order valence-electron chi connectivity index (χ2n) is 7.06. The van der Waals surface area contributed by atoms with Gasteiger partial charge in [-0.1, -0.05) is 26.7 Å². The Hall–Kier alpha value is -0.780. The van der Waals surface area contributed by atoms with E-state index in [1.165, 1.54) is 38.4 Å². The van der Waals surface area contributed by atoms with Gasteiger partial charge in [0.15, 0.2) is 5.96 Å². The fourth-order valence-electron chi connectivity index (χ4n) is 3.36. The van der Waals surface area contributed by atoms with E-state index in [1.54, 1.807) is 0 Å². The first kappa shape index (κ1) is 19.3. The second-order valence-corrected chi connectivity index (χ2v) is 9.32. The molecule has 0 atom stereocenters. The summed E-state index contributed by atoms with van der Waals surface area (Å²) in [6.07, 6.45) is 7.61. The van der Waals surface area contributed by atoms with Gasteiger partial charge in [0.1, 0.15) is 9.84 Å². The third kappa shape index (κ3) is 7.47. The molecule has 1 saturated carbocycles. The molecule has 0 amide bonds. The van der Waals surface area contributed by atoms with E-state index in [0.717, 1.165) is 19.0 Å². The van der Waals surface area contributed by atoms with Crippen LogP contribution in [0.3, 0.4) is 0 Å². The van der Waals surface area contributed by atoms with Crippen LogP contribution in [0.5, 0.6) is 0 Å². The van der Waals surface area contributed by atoms with Crippen LogP contribution in [0.15, 0.2) is 4.99 Å². The molecule has 0 saturated heterocycles. The minimum atomic E-state index is -2.94. The number of hydrogen-bond donors (Lipinski definition) is 2. The van der Waals surface area contributed by atoms with Gasteiger partial charge in [0.05, 0.1) is 5.75 Å². The van der Waals surface area contributed by atoms with Gasteiger partial charge < -0.3 is 10.6 Å². The summed E-state index contributed by atoms with van der Waals surface area (Å²) in [4.78, 5) is 4.74. The van der Waals surface area contributed by atoms with Gasteiger partial charge in [-0.2, -0.15) is 0 Å². The van der Waals surface area contributed by atoms with E-state index in [-0.39, 0.29) is 5.75 Å². The number of guanidine groups is 1. The lowest BCUT2D eigenvalue weighted by atomic mass is 9.78. The quantitative estimate of drug-likeness (QED) is 0.528. The maximum atomic E-state index is 11.2. The van der Waals surface area contributed by atoms with Crippen LogP contribution < -0.4 is 10.6 Å². The Bertz CT molecular complexity index is 452. The predicted octanol–water partition coefficient (Wildman–Crippen LogP) is 2.19. The van der Waals surface area contributed by atoms with E-state index in [9.17, 15) is 8.42 Å². The van der Waals surface area contributed by atoms with Crippen LogP contribution in [-0.4, -0.2) is 46.0 Å². The summed E-state index contributed by atoms with van der Waals surface area (Å²) >= 11 is 0. The summed E-state index contributed by atoms with van der Waals surface area (Å²) in [6, 6.07) is 0. The van der Waals surface area contributed by atoms with Crippen molar-refractivity contribution in [2.75, 3.05) is 31.6 Å². The van der Waals surface area contributed by atoms with Crippen molar-refractivity contribution >= 4 is 15.8 Å². The summed E-state index contributed by atoms with van der Waals surface area (Å²) < 4.78 is 22.4.